The normalized spacial score (nSPS) is 11.6. The predicted octanol–water partition coefficient (Wildman–Crippen LogP) is 4.70. The summed E-state index contributed by atoms with van der Waals surface area (Å²) >= 11 is 3.49. The molecule has 0 spiro atoms. The fourth-order valence-corrected chi connectivity index (χ4v) is 2.55. The van der Waals surface area contributed by atoms with Gasteiger partial charge in [0.15, 0.2) is 0 Å². The highest BCUT2D eigenvalue weighted by Gasteiger charge is 2.08. The molecule has 0 radical (unpaired) electrons. The van der Waals surface area contributed by atoms with Crippen LogP contribution in [0.4, 0.5) is 0 Å². The minimum absolute atomic E-state index is 0.510. The van der Waals surface area contributed by atoms with Crippen molar-refractivity contribution in [2.45, 2.75) is 6.92 Å². The molecule has 0 aliphatic rings. The number of halogens is 1. The molecule has 1 N–H and O–H groups in total. The molecule has 1 heterocycles. The number of hydrogen-bond acceptors (Lipinski definition) is 2. The molecule has 0 saturated heterocycles. The van der Waals surface area contributed by atoms with Gasteiger partial charge in [-0.25, -0.2) is 4.98 Å². The minimum Gasteiger partial charge on any atom is -0.337 e. The Balaban J connectivity index is 2.10. The molecule has 0 aliphatic heterocycles. The van der Waals surface area contributed by atoms with Crippen molar-refractivity contribution in [1.29, 1.82) is 5.26 Å². The molecule has 0 bridgehead atoms. The number of H-pyrrole nitrogens is 1. The van der Waals surface area contributed by atoms with Crippen molar-refractivity contribution in [3.63, 3.8) is 0 Å². The Morgan fingerprint density at radius 1 is 1.29 bits per heavy atom. The predicted molar refractivity (Wildman–Crippen MR) is 88.5 cm³/mol. The Bertz CT molecular complexity index is 884. The smallest absolute Gasteiger partial charge is 0.149 e. The zero-order valence-corrected chi connectivity index (χ0v) is 13.0. The third-order valence-corrected chi connectivity index (χ3v) is 3.94. The number of rotatable bonds is 2. The van der Waals surface area contributed by atoms with Crippen molar-refractivity contribution in [1.82, 2.24) is 9.97 Å². The standard InChI is InChI=1S/C17H12BrN3/c1-11-6-7-15-16(8-11)21-17(20-15)13(10-19)9-12-4-2-3-5-14(12)18/h2-9H,1H3,(H,20,21)/b13-9-. The van der Waals surface area contributed by atoms with Crippen molar-refractivity contribution in [2.24, 2.45) is 0 Å². The number of nitrogens with one attached hydrogen (secondary N) is 1. The second kappa shape index (κ2) is 5.55. The molecule has 2 aromatic carbocycles. The molecule has 3 rings (SSSR count). The van der Waals surface area contributed by atoms with E-state index in [1.165, 1.54) is 0 Å². The van der Waals surface area contributed by atoms with Crippen LogP contribution in [0.25, 0.3) is 22.7 Å². The summed E-state index contributed by atoms with van der Waals surface area (Å²) < 4.78 is 0.949. The third kappa shape index (κ3) is 2.74. The van der Waals surface area contributed by atoms with Gasteiger partial charge in [0.05, 0.1) is 16.6 Å². The summed E-state index contributed by atoms with van der Waals surface area (Å²) in [4.78, 5) is 7.70. The zero-order chi connectivity index (χ0) is 14.8. The van der Waals surface area contributed by atoms with E-state index in [9.17, 15) is 5.26 Å². The van der Waals surface area contributed by atoms with Gasteiger partial charge in [-0.2, -0.15) is 5.26 Å². The highest BCUT2D eigenvalue weighted by molar-refractivity contribution is 9.10. The molecule has 102 valence electrons. The number of aromatic amines is 1. The van der Waals surface area contributed by atoms with Crippen LogP contribution in [-0.4, -0.2) is 9.97 Å². The molecule has 0 atom stereocenters. The molecule has 0 aliphatic carbocycles. The summed E-state index contributed by atoms with van der Waals surface area (Å²) in [6.45, 7) is 2.03. The molecular weight excluding hydrogens is 326 g/mol. The highest BCUT2D eigenvalue weighted by atomic mass is 79.9. The van der Waals surface area contributed by atoms with Crippen LogP contribution < -0.4 is 0 Å². The summed E-state index contributed by atoms with van der Waals surface area (Å²) in [6.07, 6.45) is 1.83. The molecule has 3 nitrogen and oxygen atoms in total. The van der Waals surface area contributed by atoms with Gasteiger partial charge in [0.25, 0.3) is 0 Å². The second-order valence-electron chi connectivity index (χ2n) is 4.80. The van der Waals surface area contributed by atoms with E-state index in [-0.39, 0.29) is 0 Å². The van der Waals surface area contributed by atoms with Gasteiger partial charge in [-0.3, -0.25) is 0 Å². The van der Waals surface area contributed by atoms with E-state index in [1.54, 1.807) is 0 Å². The van der Waals surface area contributed by atoms with E-state index in [1.807, 2.05) is 55.5 Å². The van der Waals surface area contributed by atoms with Crippen LogP contribution in [0, 0.1) is 18.3 Å². The molecule has 0 saturated carbocycles. The Hall–Kier alpha value is -2.38. The largest absolute Gasteiger partial charge is 0.337 e. The maximum absolute atomic E-state index is 9.42. The van der Waals surface area contributed by atoms with Gasteiger partial charge < -0.3 is 4.98 Å². The van der Waals surface area contributed by atoms with E-state index in [2.05, 4.69) is 32.0 Å². The third-order valence-electron chi connectivity index (χ3n) is 3.22. The van der Waals surface area contributed by atoms with Gasteiger partial charge in [0, 0.05) is 4.47 Å². The van der Waals surface area contributed by atoms with E-state index in [4.69, 9.17) is 0 Å². The van der Waals surface area contributed by atoms with Gasteiger partial charge in [0.2, 0.25) is 0 Å². The van der Waals surface area contributed by atoms with Gasteiger partial charge in [-0.15, -0.1) is 0 Å². The lowest BCUT2D eigenvalue weighted by Gasteiger charge is -1.98. The lowest BCUT2D eigenvalue weighted by atomic mass is 10.1. The molecule has 3 aromatic rings. The van der Waals surface area contributed by atoms with Crippen LogP contribution in [0.3, 0.4) is 0 Å². The summed E-state index contributed by atoms with van der Waals surface area (Å²) in [5.41, 5.74) is 4.43. The molecule has 0 fully saturated rings. The van der Waals surface area contributed by atoms with Crippen LogP contribution in [0.2, 0.25) is 0 Å². The quantitative estimate of drug-likeness (QED) is 0.689. The van der Waals surface area contributed by atoms with Crippen molar-refractivity contribution in [2.75, 3.05) is 0 Å². The Kier molecular flexibility index (Phi) is 3.59. The number of nitrogens with zero attached hydrogens (tertiary/aromatic N) is 2. The number of imidazole rings is 1. The second-order valence-corrected chi connectivity index (χ2v) is 5.65. The number of fused-ring (bicyclic) bond motifs is 1. The summed E-state index contributed by atoms with van der Waals surface area (Å²) in [5.74, 6) is 0.592. The first-order valence-corrected chi connectivity index (χ1v) is 7.30. The van der Waals surface area contributed by atoms with Gasteiger partial charge in [-0.05, 0) is 42.3 Å². The first-order chi connectivity index (χ1) is 10.2. The average Bonchev–Trinajstić information content (AvgIpc) is 2.89. The van der Waals surface area contributed by atoms with E-state index in [0.717, 1.165) is 26.6 Å². The SMILES string of the molecule is Cc1ccc2nc(/C(C#N)=C\c3ccccc3Br)[nH]c2c1. The van der Waals surface area contributed by atoms with E-state index >= 15 is 0 Å². The van der Waals surface area contributed by atoms with Crippen LogP contribution in [0.5, 0.6) is 0 Å². The lowest BCUT2D eigenvalue weighted by molar-refractivity contribution is 1.27. The van der Waals surface area contributed by atoms with E-state index < -0.39 is 0 Å². The van der Waals surface area contributed by atoms with Crippen molar-refractivity contribution < 1.29 is 0 Å². The average molecular weight is 338 g/mol. The summed E-state index contributed by atoms with van der Waals surface area (Å²) in [6, 6.07) is 16.0. The Morgan fingerprint density at radius 2 is 2.10 bits per heavy atom. The molecule has 1 aromatic heterocycles. The first kappa shape index (κ1) is 13.6. The number of aromatic nitrogens is 2. The van der Waals surface area contributed by atoms with Gasteiger partial charge in [-0.1, -0.05) is 40.2 Å². The van der Waals surface area contributed by atoms with Crippen molar-refractivity contribution in [3.8, 4) is 6.07 Å². The van der Waals surface area contributed by atoms with Crippen molar-refractivity contribution in [3.05, 3.63) is 63.9 Å². The van der Waals surface area contributed by atoms with Gasteiger partial charge in [0.1, 0.15) is 11.9 Å². The molecule has 4 heteroatoms. The first-order valence-electron chi connectivity index (χ1n) is 6.50. The number of benzene rings is 2. The fourth-order valence-electron chi connectivity index (χ4n) is 2.15. The minimum atomic E-state index is 0.510. The topological polar surface area (TPSA) is 52.5 Å². The highest BCUT2D eigenvalue weighted by Crippen LogP contribution is 2.23. The van der Waals surface area contributed by atoms with E-state index in [0.29, 0.717) is 11.4 Å². The Morgan fingerprint density at radius 3 is 2.86 bits per heavy atom. The number of allylic oxidation sites excluding steroid dienone is 1. The van der Waals surface area contributed by atoms with Crippen molar-refractivity contribution >= 4 is 38.6 Å². The van der Waals surface area contributed by atoms with Crippen LogP contribution in [0.15, 0.2) is 46.9 Å². The molecule has 0 unspecified atom stereocenters. The zero-order valence-electron chi connectivity index (χ0n) is 11.4. The molecule has 21 heavy (non-hydrogen) atoms. The molecular formula is C17H12BrN3. The number of nitriles is 1. The lowest BCUT2D eigenvalue weighted by Crippen LogP contribution is -1.85. The fraction of sp³-hybridized carbons (Fsp3) is 0.0588. The monoisotopic (exact) mass is 337 g/mol. The summed E-state index contributed by atoms with van der Waals surface area (Å²) in [7, 11) is 0. The summed E-state index contributed by atoms with van der Waals surface area (Å²) in [5, 5.41) is 9.42. The van der Waals surface area contributed by atoms with Crippen LogP contribution in [-0.2, 0) is 0 Å². The number of hydrogen-bond donors (Lipinski definition) is 1. The maximum Gasteiger partial charge on any atom is 0.149 e. The maximum atomic E-state index is 9.42. The van der Waals surface area contributed by atoms with Crippen LogP contribution in [0.1, 0.15) is 17.0 Å². The van der Waals surface area contributed by atoms with Gasteiger partial charge >= 0.3 is 0 Å². The van der Waals surface area contributed by atoms with Crippen LogP contribution >= 0.6 is 15.9 Å². The Labute approximate surface area is 131 Å². The molecule has 0 amide bonds. The number of aryl methyl sites for hydroxylation is 1.